The van der Waals surface area contributed by atoms with E-state index in [9.17, 15) is 5.11 Å². The summed E-state index contributed by atoms with van der Waals surface area (Å²) in [5.74, 6) is 0. The zero-order valence-corrected chi connectivity index (χ0v) is 10.6. The minimum atomic E-state index is -0.287. The number of nitrogens with two attached hydrogens (primary N) is 1. The topological polar surface area (TPSA) is 49.5 Å². The first-order valence-electron chi connectivity index (χ1n) is 5.59. The third-order valence-electron chi connectivity index (χ3n) is 3.08. The number of aliphatic hydroxyl groups is 1. The van der Waals surface area contributed by atoms with Crippen LogP contribution in [0, 0.1) is 0 Å². The van der Waals surface area contributed by atoms with Gasteiger partial charge in [-0.2, -0.15) is 0 Å². The molecule has 0 aromatic heterocycles. The molecule has 3 nitrogen and oxygen atoms in total. The van der Waals surface area contributed by atoms with Gasteiger partial charge in [-0.15, -0.1) is 0 Å². The molecule has 0 aliphatic carbocycles. The summed E-state index contributed by atoms with van der Waals surface area (Å²) in [6, 6.07) is 8.04. The highest BCUT2D eigenvalue weighted by Gasteiger charge is 2.24. The highest BCUT2D eigenvalue weighted by molar-refractivity contribution is 5.56. The zero-order valence-electron chi connectivity index (χ0n) is 10.6. The Morgan fingerprint density at radius 1 is 1.38 bits per heavy atom. The van der Waals surface area contributed by atoms with E-state index >= 15 is 0 Å². The largest absolute Gasteiger partial charge is 0.394 e. The number of para-hydroxylation sites is 1. The summed E-state index contributed by atoms with van der Waals surface area (Å²) >= 11 is 0. The minimum absolute atomic E-state index is 0.00635. The van der Waals surface area contributed by atoms with Gasteiger partial charge in [-0.25, -0.2) is 0 Å². The second kappa shape index (κ2) is 4.85. The first-order valence-corrected chi connectivity index (χ1v) is 5.59. The lowest BCUT2D eigenvalue weighted by molar-refractivity contribution is 0.216. The standard InChI is InChI=1S/C13H22N2O/c1-10(14)11-7-5-6-8-12(11)15(4)13(2,3)9-16/h5-8,10,16H,9,14H2,1-4H3/t10-/m1/s1. The predicted octanol–water partition coefficient (Wildman–Crippen LogP) is 1.91. The molecule has 3 heteroatoms. The lowest BCUT2D eigenvalue weighted by atomic mass is 10.00. The van der Waals surface area contributed by atoms with Crippen molar-refractivity contribution in [3.05, 3.63) is 29.8 Å². The van der Waals surface area contributed by atoms with Crippen LogP contribution in [0.1, 0.15) is 32.4 Å². The number of likely N-dealkylation sites (N-methyl/N-ethyl adjacent to an activating group) is 1. The fourth-order valence-corrected chi connectivity index (χ4v) is 1.61. The molecule has 0 amide bonds. The van der Waals surface area contributed by atoms with Crippen molar-refractivity contribution in [1.82, 2.24) is 0 Å². The number of aliphatic hydroxyl groups excluding tert-OH is 1. The molecular weight excluding hydrogens is 200 g/mol. The van der Waals surface area contributed by atoms with Crippen molar-refractivity contribution in [2.45, 2.75) is 32.4 Å². The van der Waals surface area contributed by atoms with Crippen molar-refractivity contribution in [3.63, 3.8) is 0 Å². The Morgan fingerprint density at radius 2 is 1.94 bits per heavy atom. The van der Waals surface area contributed by atoms with Gasteiger partial charge in [0.05, 0.1) is 12.1 Å². The van der Waals surface area contributed by atoms with E-state index in [1.54, 1.807) is 0 Å². The predicted molar refractivity (Wildman–Crippen MR) is 68.6 cm³/mol. The summed E-state index contributed by atoms with van der Waals surface area (Å²) in [4.78, 5) is 2.08. The quantitative estimate of drug-likeness (QED) is 0.818. The molecule has 0 saturated heterocycles. The summed E-state index contributed by atoms with van der Waals surface area (Å²) in [5.41, 5.74) is 7.84. The molecule has 0 radical (unpaired) electrons. The molecule has 0 saturated carbocycles. The van der Waals surface area contributed by atoms with Gasteiger partial charge in [-0.05, 0) is 32.4 Å². The molecule has 0 spiro atoms. The number of hydrogen-bond donors (Lipinski definition) is 2. The maximum absolute atomic E-state index is 9.38. The number of hydrogen-bond acceptors (Lipinski definition) is 3. The van der Waals surface area contributed by atoms with E-state index in [2.05, 4.69) is 4.90 Å². The first-order chi connectivity index (χ1) is 7.40. The summed E-state index contributed by atoms with van der Waals surface area (Å²) in [6.45, 7) is 6.09. The molecule has 0 unspecified atom stereocenters. The van der Waals surface area contributed by atoms with E-state index in [0.29, 0.717) is 0 Å². The van der Waals surface area contributed by atoms with Crippen molar-refractivity contribution in [2.75, 3.05) is 18.6 Å². The minimum Gasteiger partial charge on any atom is -0.394 e. The summed E-state index contributed by atoms with van der Waals surface area (Å²) < 4.78 is 0. The lowest BCUT2D eigenvalue weighted by Gasteiger charge is -2.37. The second-order valence-electron chi connectivity index (χ2n) is 4.88. The van der Waals surface area contributed by atoms with Gasteiger partial charge < -0.3 is 15.7 Å². The van der Waals surface area contributed by atoms with Gasteiger partial charge in [0, 0.05) is 18.8 Å². The normalized spacial score (nSPS) is 13.6. The SMILES string of the molecule is C[C@@H](N)c1ccccc1N(C)C(C)(C)CO. The van der Waals surface area contributed by atoms with Crippen LogP contribution in [0.5, 0.6) is 0 Å². The molecule has 1 aromatic rings. The third kappa shape index (κ3) is 2.54. The van der Waals surface area contributed by atoms with Crippen LogP contribution in [0.4, 0.5) is 5.69 Å². The lowest BCUT2D eigenvalue weighted by Crippen LogP contribution is -2.45. The summed E-state index contributed by atoms with van der Waals surface area (Å²) in [7, 11) is 1.98. The average Bonchev–Trinajstić information content (AvgIpc) is 2.28. The van der Waals surface area contributed by atoms with Gasteiger partial charge >= 0.3 is 0 Å². The Balaban J connectivity index is 3.13. The van der Waals surface area contributed by atoms with Crippen LogP contribution in [-0.4, -0.2) is 24.3 Å². The molecule has 3 N–H and O–H groups in total. The third-order valence-corrected chi connectivity index (χ3v) is 3.08. The van der Waals surface area contributed by atoms with Crippen LogP contribution in [0.15, 0.2) is 24.3 Å². The highest BCUT2D eigenvalue weighted by Crippen LogP contribution is 2.28. The Labute approximate surface area is 97.9 Å². The molecule has 0 aliphatic heterocycles. The molecule has 1 aromatic carbocycles. The zero-order chi connectivity index (χ0) is 12.3. The smallest absolute Gasteiger partial charge is 0.0658 e. The Kier molecular flexibility index (Phi) is 3.94. The van der Waals surface area contributed by atoms with Crippen LogP contribution in [0.2, 0.25) is 0 Å². The van der Waals surface area contributed by atoms with Gasteiger partial charge in [0.1, 0.15) is 0 Å². The molecule has 0 fully saturated rings. The van der Waals surface area contributed by atoms with Gasteiger partial charge in [-0.3, -0.25) is 0 Å². The number of anilines is 1. The van der Waals surface area contributed by atoms with E-state index < -0.39 is 0 Å². The monoisotopic (exact) mass is 222 g/mol. The van der Waals surface area contributed by atoms with E-state index in [-0.39, 0.29) is 18.2 Å². The molecule has 1 atom stereocenters. The number of rotatable bonds is 4. The Hall–Kier alpha value is -1.06. The van der Waals surface area contributed by atoms with Crippen LogP contribution >= 0.6 is 0 Å². The van der Waals surface area contributed by atoms with Crippen molar-refractivity contribution >= 4 is 5.69 Å². The second-order valence-corrected chi connectivity index (χ2v) is 4.88. The molecule has 1 rings (SSSR count). The van der Waals surface area contributed by atoms with Crippen LogP contribution < -0.4 is 10.6 Å². The Morgan fingerprint density at radius 3 is 2.44 bits per heavy atom. The average molecular weight is 222 g/mol. The van der Waals surface area contributed by atoms with E-state index in [1.165, 1.54) is 0 Å². The fourth-order valence-electron chi connectivity index (χ4n) is 1.61. The highest BCUT2D eigenvalue weighted by atomic mass is 16.3. The molecule has 0 bridgehead atoms. The molecule has 16 heavy (non-hydrogen) atoms. The van der Waals surface area contributed by atoms with Crippen molar-refractivity contribution in [3.8, 4) is 0 Å². The number of benzene rings is 1. The Bertz CT molecular complexity index is 348. The van der Waals surface area contributed by atoms with Crippen LogP contribution in [0.3, 0.4) is 0 Å². The molecule has 0 heterocycles. The maximum Gasteiger partial charge on any atom is 0.0658 e. The maximum atomic E-state index is 9.38. The summed E-state index contributed by atoms with van der Waals surface area (Å²) in [5, 5.41) is 9.38. The van der Waals surface area contributed by atoms with Gasteiger partial charge in [-0.1, -0.05) is 18.2 Å². The molecular formula is C13H22N2O. The molecule has 90 valence electrons. The van der Waals surface area contributed by atoms with E-state index in [0.717, 1.165) is 11.3 Å². The van der Waals surface area contributed by atoms with Gasteiger partial charge in [0.2, 0.25) is 0 Å². The van der Waals surface area contributed by atoms with Crippen molar-refractivity contribution in [2.24, 2.45) is 5.73 Å². The molecule has 0 aliphatic rings. The van der Waals surface area contributed by atoms with Crippen LogP contribution in [0.25, 0.3) is 0 Å². The first kappa shape index (κ1) is 13.0. The van der Waals surface area contributed by atoms with E-state index in [4.69, 9.17) is 5.73 Å². The van der Waals surface area contributed by atoms with Gasteiger partial charge in [0.15, 0.2) is 0 Å². The van der Waals surface area contributed by atoms with Gasteiger partial charge in [0.25, 0.3) is 0 Å². The van der Waals surface area contributed by atoms with Crippen molar-refractivity contribution < 1.29 is 5.11 Å². The van der Waals surface area contributed by atoms with E-state index in [1.807, 2.05) is 52.1 Å². The summed E-state index contributed by atoms with van der Waals surface area (Å²) in [6.07, 6.45) is 0. The fraction of sp³-hybridized carbons (Fsp3) is 0.538. The van der Waals surface area contributed by atoms with Crippen molar-refractivity contribution in [1.29, 1.82) is 0 Å². The van der Waals surface area contributed by atoms with Crippen LogP contribution in [-0.2, 0) is 0 Å². The number of nitrogens with zero attached hydrogens (tertiary/aromatic N) is 1.